The van der Waals surface area contributed by atoms with E-state index < -0.39 is 58.0 Å². The molecule has 0 spiro atoms. The quantitative estimate of drug-likeness (QED) is 0.220. The van der Waals surface area contributed by atoms with E-state index in [0.717, 1.165) is 18.5 Å². The first-order valence-electron chi connectivity index (χ1n) is 14.2. The van der Waals surface area contributed by atoms with Crippen LogP contribution in [0.2, 0.25) is 0 Å². The first-order chi connectivity index (χ1) is 19.3. The maximum Gasteiger partial charge on any atom is 0.255 e. The van der Waals surface area contributed by atoms with Crippen molar-refractivity contribution in [1.29, 1.82) is 0 Å². The van der Waals surface area contributed by atoms with Crippen molar-refractivity contribution < 1.29 is 34.8 Å². The zero-order valence-corrected chi connectivity index (χ0v) is 24.0. The van der Waals surface area contributed by atoms with Gasteiger partial charge in [-0.1, -0.05) is 19.3 Å². The molecule has 11 nitrogen and oxygen atoms in total. The number of nitrogens with one attached hydrogen (secondary N) is 1. The maximum atomic E-state index is 14.1. The number of ketones is 2. The number of hydrogen-bond acceptors (Lipinski definition) is 10. The minimum absolute atomic E-state index is 0.0566. The number of likely N-dealkylation sites (N-methyl/N-ethyl adjacent to an activating group) is 1. The van der Waals surface area contributed by atoms with E-state index in [4.69, 9.17) is 5.73 Å². The van der Waals surface area contributed by atoms with Gasteiger partial charge in [-0.2, -0.15) is 0 Å². The number of hydrogen-bond donors (Lipinski definition) is 6. The Morgan fingerprint density at radius 3 is 2.34 bits per heavy atom. The fourth-order valence-corrected chi connectivity index (χ4v) is 7.47. The van der Waals surface area contributed by atoms with Gasteiger partial charge >= 0.3 is 0 Å². The number of rotatable bonds is 6. The van der Waals surface area contributed by atoms with E-state index in [0.29, 0.717) is 23.7 Å². The number of primary amides is 1. The van der Waals surface area contributed by atoms with Crippen LogP contribution in [-0.4, -0.2) is 89.2 Å². The first kappa shape index (κ1) is 28.9. The summed E-state index contributed by atoms with van der Waals surface area (Å²) in [6.45, 7) is 0.661. The summed E-state index contributed by atoms with van der Waals surface area (Å²) in [7, 11) is 6.87. The molecule has 7 N–H and O–H groups in total. The topological polar surface area (TPSA) is 177 Å². The Bertz CT molecular complexity index is 1380. The van der Waals surface area contributed by atoms with E-state index in [1.165, 1.54) is 24.2 Å². The molecule has 4 aliphatic carbocycles. The van der Waals surface area contributed by atoms with Crippen molar-refractivity contribution >= 4 is 34.6 Å². The highest BCUT2D eigenvalue weighted by atomic mass is 16.3. The van der Waals surface area contributed by atoms with Gasteiger partial charge in [-0.15, -0.1) is 0 Å². The largest absolute Gasteiger partial charge is 0.508 e. The lowest BCUT2D eigenvalue weighted by Gasteiger charge is -2.50. The van der Waals surface area contributed by atoms with Crippen molar-refractivity contribution in [2.24, 2.45) is 23.5 Å². The summed E-state index contributed by atoms with van der Waals surface area (Å²) in [5, 5.41) is 49.2. The molecule has 41 heavy (non-hydrogen) atoms. The summed E-state index contributed by atoms with van der Waals surface area (Å²) in [4.78, 5) is 42.9. The normalized spacial score (nSPS) is 28.4. The zero-order chi connectivity index (χ0) is 30.0. The summed E-state index contributed by atoms with van der Waals surface area (Å²) < 4.78 is 0. The zero-order valence-electron chi connectivity index (χ0n) is 24.0. The number of anilines is 2. The number of aliphatic hydroxyl groups excluding tert-OH is 2. The van der Waals surface area contributed by atoms with Crippen molar-refractivity contribution in [3.63, 3.8) is 0 Å². The molecule has 1 aromatic rings. The number of phenols is 1. The number of benzene rings is 1. The van der Waals surface area contributed by atoms with Gasteiger partial charge in [0.1, 0.15) is 22.8 Å². The molecule has 11 heteroatoms. The number of carbonyl (C=O) groups is 3. The second-order valence-corrected chi connectivity index (χ2v) is 12.4. The third-order valence-electron chi connectivity index (χ3n) is 9.48. The molecular weight excluding hydrogens is 528 g/mol. The van der Waals surface area contributed by atoms with Crippen molar-refractivity contribution in [3.05, 3.63) is 34.1 Å². The lowest BCUT2D eigenvalue weighted by atomic mass is 9.57. The predicted octanol–water partition coefficient (Wildman–Crippen LogP) is 2.02. The number of carbonyl (C=O) groups excluding carboxylic acids is 3. The number of Topliss-reactive ketones (excluding diaryl/α,β-unsaturated/α-hetero) is 2. The molecule has 0 aliphatic heterocycles. The molecule has 222 valence electrons. The number of nitrogens with zero attached hydrogens (tertiary/aromatic N) is 2. The number of phenolic OH excluding ortho intramolecular Hbond substituents is 1. The predicted molar refractivity (Wildman–Crippen MR) is 154 cm³/mol. The van der Waals surface area contributed by atoms with Crippen LogP contribution < -0.4 is 16.0 Å². The van der Waals surface area contributed by atoms with E-state index in [1.807, 2.05) is 25.1 Å². The molecule has 4 unspecified atom stereocenters. The minimum Gasteiger partial charge on any atom is -0.508 e. The summed E-state index contributed by atoms with van der Waals surface area (Å²) in [6.07, 6.45) is 6.08. The van der Waals surface area contributed by atoms with Crippen LogP contribution in [0.5, 0.6) is 5.75 Å². The van der Waals surface area contributed by atoms with E-state index in [9.17, 15) is 34.8 Å². The van der Waals surface area contributed by atoms with Crippen molar-refractivity contribution in [1.82, 2.24) is 4.90 Å². The highest BCUT2D eigenvalue weighted by molar-refractivity contribution is 6.24. The van der Waals surface area contributed by atoms with Gasteiger partial charge < -0.3 is 36.4 Å². The van der Waals surface area contributed by atoms with E-state index in [2.05, 4.69) is 5.32 Å². The summed E-state index contributed by atoms with van der Waals surface area (Å²) >= 11 is 0. The number of aliphatic hydroxyl groups is 3. The Balaban J connectivity index is 1.64. The van der Waals surface area contributed by atoms with Crippen LogP contribution in [0.3, 0.4) is 0 Å². The smallest absolute Gasteiger partial charge is 0.255 e. The van der Waals surface area contributed by atoms with Crippen LogP contribution >= 0.6 is 0 Å². The second-order valence-electron chi connectivity index (χ2n) is 12.4. The molecule has 0 radical (unpaired) electrons. The van der Waals surface area contributed by atoms with Crippen LogP contribution in [0.15, 0.2) is 23.0 Å². The molecule has 2 saturated carbocycles. The van der Waals surface area contributed by atoms with Gasteiger partial charge in [0, 0.05) is 37.8 Å². The monoisotopic (exact) mass is 568 g/mol. The number of nitrogens with two attached hydrogens (primary N) is 1. The van der Waals surface area contributed by atoms with Crippen molar-refractivity contribution in [2.75, 3.05) is 45.0 Å². The average molecular weight is 569 g/mol. The first-order valence-corrected chi connectivity index (χ1v) is 14.2. The maximum absolute atomic E-state index is 14.1. The molecule has 0 aromatic heterocycles. The van der Waals surface area contributed by atoms with E-state index in [1.54, 1.807) is 14.1 Å². The van der Waals surface area contributed by atoms with Crippen LogP contribution in [-0.2, 0) is 20.8 Å². The van der Waals surface area contributed by atoms with Gasteiger partial charge in [0.2, 0.25) is 5.78 Å². The lowest BCUT2D eigenvalue weighted by Crippen LogP contribution is -2.65. The third kappa shape index (κ3) is 4.37. The third-order valence-corrected chi connectivity index (χ3v) is 9.48. The molecule has 0 bridgehead atoms. The summed E-state index contributed by atoms with van der Waals surface area (Å²) in [5.74, 6) is -6.05. The summed E-state index contributed by atoms with van der Waals surface area (Å²) in [6, 6.07) is 0.733. The molecule has 4 atom stereocenters. The van der Waals surface area contributed by atoms with Gasteiger partial charge in [-0.05, 0) is 63.2 Å². The summed E-state index contributed by atoms with van der Waals surface area (Å²) in [5.41, 5.74) is 3.69. The Labute approximate surface area is 239 Å². The van der Waals surface area contributed by atoms with Crippen LogP contribution in [0, 0.1) is 17.8 Å². The Kier molecular flexibility index (Phi) is 7.31. The van der Waals surface area contributed by atoms with Crippen LogP contribution in [0.1, 0.15) is 49.7 Å². The molecule has 2 fully saturated rings. The number of amides is 1. The standard InChI is InChI=1S/C30H40N4O7/c1-33(2)19-12-18(32-13-14-8-6-5-7-9-14)24(35)21-16(19)10-15-11-17-23(34(3)4)26(37)22(29(31)40)28(39)30(17,41)27(38)20(15)25(21)36/h12,14-15,17,23,32,35-36,39,41H,5-11,13H2,1-4H3,(H2,31,40). The molecule has 0 heterocycles. The molecule has 1 aromatic carbocycles. The number of fused-ring (bicyclic) bond motifs is 3. The fraction of sp³-hybridized carbons (Fsp3) is 0.567. The van der Waals surface area contributed by atoms with Gasteiger partial charge in [0.25, 0.3) is 5.91 Å². The van der Waals surface area contributed by atoms with E-state index >= 15 is 0 Å². The van der Waals surface area contributed by atoms with Gasteiger partial charge in [0.05, 0.1) is 17.3 Å². The van der Waals surface area contributed by atoms with Crippen LogP contribution in [0.25, 0.3) is 5.76 Å². The highest BCUT2D eigenvalue weighted by Gasteiger charge is 2.64. The molecule has 4 aliphatic rings. The SMILES string of the molecule is CN(C)c1cc(NCC2CCCCC2)c(O)c2c1CC1CC3C(N(C)C)C(=O)C(C(N)=O)=C(O)C3(O)C(=O)C1=C2O. The minimum atomic E-state index is -2.65. The average Bonchev–Trinajstić information content (AvgIpc) is 2.90. The second kappa shape index (κ2) is 10.4. The van der Waals surface area contributed by atoms with E-state index in [-0.39, 0.29) is 29.7 Å². The highest BCUT2D eigenvalue weighted by Crippen LogP contribution is 2.54. The lowest BCUT2D eigenvalue weighted by molar-refractivity contribution is -0.153. The number of aromatic hydroxyl groups is 1. The molecule has 1 amide bonds. The van der Waals surface area contributed by atoms with Gasteiger partial charge in [-0.3, -0.25) is 19.3 Å². The molecular formula is C30H40N4O7. The molecule has 0 saturated heterocycles. The van der Waals surface area contributed by atoms with Gasteiger partial charge in [0.15, 0.2) is 11.4 Å². The fourth-order valence-electron chi connectivity index (χ4n) is 7.47. The Morgan fingerprint density at radius 1 is 1.10 bits per heavy atom. The van der Waals surface area contributed by atoms with Gasteiger partial charge in [-0.25, -0.2) is 0 Å². The molecule has 5 rings (SSSR count). The van der Waals surface area contributed by atoms with Crippen LogP contribution in [0.4, 0.5) is 11.4 Å². The Hall–Kier alpha value is -3.57. The van der Waals surface area contributed by atoms with Crippen molar-refractivity contribution in [3.8, 4) is 5.75 Å². The Morgan fingerprint density at radius 2 is 1.76 bits per heavy atom. The van der Waals surface area contributed by atoms with Crippen molar-refractivity contribution in [2.45, 2.75) is 56.6 Å².